The fourth-order valence-electron chi connectivity index (χ4n) is 3.25. The molecule has 2 rings (SSSR count). The van der Waals surface area contributed by atoms with E-state index in [9.17, 15) is 0 Å². The zero-order chi connectivity index (χ0) is 15.4. The Morgan fingerprint density at radius 1 is 1.19 bits per heavy atom. The number of nitrogens with zero attached hydrogens (tertiary/aromatic N) is 1. The van der Waals surface area contributed by atoms with Crippen LogP contribution in [0, 0.1) is 0 Å². The molecular weight excluding hydrogens is 268 g/mol. The number of hydrogen-bond donors (Lipinski definition) is 1. The highest BCUT2D eigenvalue weighted by molar-refractivity contribution is 5.56. The Labute approximate surface area is 127 Å². The van der Waals surface area contributed by atoms with E-state index in [2.05, 4.69) is 11.8 Å². The van der Waals surface area contributed by atoms with Gasteiger partial charge in [-0.05, 0) is 38.4 Å². The van der Waals surface area contributed by atoms with Crippen molar-refractivity contribution in [1.82, 2.24) is 4.90 Å². The molecule has 1 aromatic rings. The molecule has 1 heterocycles. The maximum atomic E-state index is 6.06. The number of nitrogens with two attached hydrogens (primary N) is 1. The lowest BCUT2D eigenvalue weighted by molar-refractivity contribution is 0.190. The van der Waals surface area contributed by atoms with Gasteiger partial charge in [-0.3, -0.25) is 4.90 Å². The molecule has 0 amide bonds. The Morgan fingerprint density at radius 3 is 2.38 bits per heavy atom. The molecule has 1 fully saturated rings. The van der Waals surface area contributed by atoms with E-state index in [4.69, 9.17) is 19.9 Å². The summed E-state index contributed by atoms with van der Waals surface area (Å²) in [5.74, 6) is 2.01. The second-order valence-electron chi connectivity index (χ2n) is 5.40. The van der Waals surface area contributed by atoms with Gasteiger partial charge < -0.3 is 19.9 Å². The molecule has 1 saturated heterocycles. The molecule has 0 radical (unpaired) electrons. The van der Waals surface area contributed by atoms with Gasteiger partial charge in [0.25, 0.3) is 0 Å². The molecule has 1 aromatic carbocycles. The molecule has 118 valence electrons. The van der Waals surface area contributed by atoms with Crippen LogP contribution in [-0.4, -0.2) is 45.4 Å². The van der Waals surface area contributed by atoms with E-state index in [1.54, 1.807) is 21.3 Å². The van der Waals surface area contributed by atoms with E-state index < -0.39 is 0 Å². The molecule has 2 N–H and O–H groups in total. The molecule has 0 saturated carbocycles. The highest BCUT2D eigenvalue weighted by atomic mass is 16.5. The summed E-state index contributed by atoms with van der Waals surface area (Å²) in [6.07, 6.45) is 2.43. The first kappa shape index (κ1) is 15.9. The minimum Gasteiger partial charge on any atom is -0.493 e. The lowest BCUT2D eigenvalue weighted by Crippen LogP contribution is -2.36. The topological polar surface area (TPSA) is 57.0 Å². The monoisotopic (exact) mass is 294 g/mol. The van der Waals surface area contributed by atoms with Gasteiger partial charge in [0.2, 0.25) is 5.75 Å². The predicted molar refractivity (Wildman–Crippen MR) is 83.3 cm³/mol. The number of hydrogen-bond acceptors (Lipinski definition) is 5. The Morgan fingerprint density at radius 2 is 1.90 bits per heavy atom. The van der Waals surface area contributed by atoms with Gasteiger partial charge >= 0.3 is 0 Å². The fourth-order valence-corrected chi connectivity index (χ4v) is 3.25. The van der Waals surface area contributed by atoms with Crippen LogP contribution >= 0.6 is 0 Å². The van der Waals surface area contributed by atoms with Crippen molar-refractivity contribution in [2.24, 2.45) is 5.73 Å². The number of ether oxygens (including phenoxy) is 3. The van der Waals surface area contributed by atoms with Gasteiger partial charge in [0.05, 0.1) is 27.4 Å². The number of rotatable bonds is 6. The summed E-state index contributed by atoms with van der Waals surface area (Å²) in [5.41, 5.74) is 7.12. The van der Waals surface area contributed by atoms with Crippen molar-refractivity contribution >= 4 is 0 Å². The average molecular weight is 294 g/mol. The summed E-state index contributed by atoms with van der Waals surface area (Å²) in [5, 5.41) is 0. The summed E-state index contributed by atoms with van der Waals surface area (Å²) in [7, 11) is 4.90. The molecule has 0 bridgehead atoms. The summed E-state index contributed by atoms with van der Waals surface area (Å²) in [4.78, 5) is 2.45. The molecule has 0 aliphatic carbocycles. The van der Waals surface area contributed by atoms with Crippen molar-refractivity contribution in [1.29, 1.82) is 0 Å². The average Bonchev–Trinajstić information content (AvgIpc) is 2.93. The minimum absolute atomic E-state index is 0.136. The van der Waals surface area contributed by atoms with Crippen LogP contribution in [0.15, 0.2) is 12.1 Å². The van der Waals surface area contributed by atoms with Crippen LogP contribution in [0.2, 0.25) is 0 Å². The molecule has 1 aliphatic rings. The minimum atomic E-state index is 0.136. The van der Waals surface area contributed by atoms with Crippen LogP contribution < -0.4 is 19.9 Å². The molecule has 2 unspecified atom stereocenters. The van der Waals surface area contributed by atoms with Gasteiger partial charge in [-0.15, -0.1) is 0 Å². The largest absolute Gasteiger partial charge is 0.493 e. The van der Waals surface area contributed by atoms with Crippen LogP contribution in [0.25, 0.3) is 0 Å². The molecule has 2 atom stereocenters. The van der Waals surface area contributed by atoms with Gasteiger partial charge in [-0.2, -0.15) is 0 Å². The maximum absolute atomic E-state index is 6.06. The number of methoxy groups -OCH3 is 3. The molecule has 5 nitrogen and oxygen atoms in total. The second-order valence-corrected chi connectivity index (χ2v) is 5.40. The Hall–Kier alpha value is -1.46. The molecule has 21 heavy (non-hydrogen) atoms. The quantitative estimate of drug-likeness (QED) is 0.871. The maximum Gasteiger partial charge on any atom is 0.203 e. The lowest BCUT2D eigenvalue weighted by atomic mass is 10.0. The summed E-state index contributed by atoms with van der Waals surface area (Å²) >= 11 is 0. The van der Waals surface area contributed by atoms with Crippen molar-refractivity contribution < 1.29 is 14.2 Å². The first-order chi connectivity index (χ1) is 10.2. The summed E-state index contributed by atoms with van der Waals surface area (Å²) in [6.45, 7) is 3.87. The first-order valence-electron chi connectivity index (χ1n) is 7.42. The highest BCUT2D eigenvalue weighted by Gasteiger charge is 2.31. The zero-order valence-corrected chi connectivity index (χ0v) is 13.4. The van der Waals surface area contributed by atoms with Crippen molar-refractivity contribution in [3.63, 3.8) is 0 Å². The van der Waals surface area contributed by atoms with Gasteiger partial charge in [0, 0.05) is 18.2 Å². The summed E-state index contributed by atoms with van der Waals surface area (Å²) < 4.78 is 16.4. The zero-order valence-electron chi connectivity index (χ0n) is 13.4. The van der Waals surface area contributed by atoms with Crippen LogP contribution in [0.3, 0.4) is 0 Å². The predicted octanol–water partition coefficient (Wildman–Crippen LogP) is 2.20. The van der Waals surface area contributed by atoms with Gasteiger partial charge in [0.15, 0.2) is 11.5 Å². The molecule has 0 spiro atoms. The van der Waals surface area contributed by atoms with E-state index in [0.717, 1.165) is 12.1 Å². The van der Waals surface area contributed by atoms with E-state index in [1.807, 2.05) is 12.1 Å². The summed E-state index contributed by atoms with van der Waals surface area (Å²) in [6, 6.07) is 4.62. The fraction of sp³-hybridized carbons (Fsp3) is 0.625. The van der Waals surface area contributed by atoms with Crippen molar-refractivity contribution in [3.8, 4) is 17.2 Å². The molecule has 5 heteroatoms. The Kier molecular flexibility index (Phi) is 5.31. The van der Waals surface area contributed by atoms with Crippen LogP contribution in [0.1, 0.15) is 31.4 Å². The molecular formula is C16H26N2O3. The third-order valence-electron chi connectivity index (χ3n) is 4.32. The number of benzene rings is 1. The Balaban J connectivity index is 2.45. The molecule has 1 aliphatic heterocycles. The van der Waals surface area contributed by atoms with Crippen molar-refractivity contribution in [2.75, 3.05) is 34.4 Å². The van der Waals surface area contributed by atoms with E-state index in [-0.39, 0.29) is 6.04 Å². The van der Waals surface area contributed by atoms with Crippen molar-refractivity contribution in [2.45, 2.75) is 31.8 Å². The van der Waals surface area contributed by atoms with Crippen LogP contribution in [0.5, 0.6) is 17.2 Å². The van der Waals surface area contributed by atoms with Gasteiger partial charge in [-0.25, -0.2) is 0 Å². The third-order valence-corrected chi connectivity index (χ3v) is 4.32. The van der Waals surface area contributed by atoms with E-state index in [1.165, 1.54) is 12.8 Å². The first-order valence-corrected chi connectivity index (χ1v) is 7.42. The van der Waals surface area contributed by atoms with Crippen LogP contribution in [0.4, 0.5) is 0 Å². The van der Waals surface area contributed by atoms with Crippen molar-refractivity contribution in [3.05, 3.63) is 17.7 Å². The van der Waals surface area contributed by atoms with Gasteiger partial charge in [-0.1, -0.05) is 0 Å². The van der Waals surface area contributed by atoms with E-state index >= 15 is 0 Å². The van der Waals surface area contributed by atoms with Gasteiger partial charge in [0.1, 0.15) is 0 Å². The standard InChI is InChI=1S/C16H26N2O3/c1-11-6-5-9-18(11)13(10-17)12-7-8-14(19-2)16(21-4)15(12)20-3/h7-8,11,13H,5-6,9-10,17H2,1-4H3. The smallest absolute Gasteiger partial charge is 0.203 e. The van der Waals surface area contributed by atoms with E-state index in [0.29, 0.717) is 29.8 Å². The number of likely N-dealkylation sites (tertiary alicyclic amines) is 1. The third kappa shape index (κ3) is 2.94. The van der Waals surface area contributed by atoms with Crippen LogP contribution in [-0.2, 0) is 0 Å². The Bertz CT molecular complexity index is 479. The molecule has 0 aromatic heterocycles. The lowest BCUT2D eigenvalue weighted by Gasteiger charge is -2.32. The normalized spacial score (nSPS) is 20.3. The SMILES string of the molecule is COc1ccc(C(CN)N2CCCC2C)c(OC)c1OC. The highest BCUT2D eigenvalue weighted by Crippen LogP contribution is 2.44. The second kappa shape index (κ2) is 7.00.